The van der Waals surface area contributed by atoms with Gasteiger partial charge in [0.1, 0.15) is 16.9 Å². The van der Waals surface area contributed by atoms with Crippen molar-refractivity contribution in [2.75, 3.05) is 30.5 Å². The van der Waals surface area contributed by atoms with E-state index < -0.39 is 18.2 Å². The molecule has 0 radical (unpaired) electrons. The van der Waals surface area contributed by atoms with Crippen molar-refractivity contribution in [2.24, 2.45) is 5.92 Å². The summed E-state index contributed by atoms with van der Waals surface area (Å²) in [5, 5.41) is 37.4. The second-order valence-corrected chi connectivity index (χ2v) is 8.76. The minimum Gasteiger partial charge on any atom is -0.396 e. The molecule has 0 amide bonds. The van der Waals surface area contributed by atoms with Gasteiger partial charge in [0.05, 0.1) is 47.2 Å². The van der Waals surface area contributed by atoms with Gasteiger partial charge in [-0.1, -0.05) is 12.1 Å². The van der Waals surface area contributed by atoms with Crippen LogP contribution in [-0.4, -0.2) is 74.4 Å². The number of aromatic nitrogens is 3. The zero-order valence-corrected chi connectivity index (χ0v) is 16.9. The number of hydrogen-bond acceptors (Lipinski definition) is 10. The number of aliphatic hydroxyl groups is 3. The van der Waals surface area contributed by atoms with Crippen molar-refractivity contribution >= 4 is 33.3 Å². The summed E-state index contributed by atoms with van der Waals surface area (Å²) in [5.74, 6) is 0.610. The predicted octanol–water partition coefficient (Wildman–Crippen LogP) is 1.08. The van der Waals surface area contributed by atoms with Gasteiger partial charge < -0.3 is 30.7 Å². The molecule has 1 saturated carbocycles. The Morgan fingerprint density at radius 1 is 1.10 bits per heavy atom. The molecular weight excluding hydrogens is 406 g/mol. The molecule has 9 nitrogen and oxygen atoms in total. The van der Waals surface area contributed by atoms with Crippen LogP contribution in [0, 0.1) is 5.92 Å². The van der Waals surface area contributed by atoms with Gasteiger partial charge in [-0.15, -0.1) is 11.3 Å². The van der Waals surface area contributed by atoms with Crippen molar-refractivity contribution in [3.63, 3.8) is 0 Å². The first-order valence-corrected chi connectivity index (χ1v) is 10.7. The number of aliphatic hydroxyl groups excluding tert-OH is 3. The summed E-state index contributed by atoms with van der Waals surface area (Å²) in [6.45, 7) is 1.04. The first kappa shape index (κ1) is 19.6. The molecule has 0 bridgehead atoms. The van der Waals surface area contributed by atoms with Gasteiger partial charge in [0.2, 0.25) is 5.95 Å². The maximum atomic E-state index is 10.4. The zero-order chi connectivity index (χ0) is 20.7. The Hall–Kier alpha value is -2.37. The van der Waals surface area contributed by atoms with E-state index in [1.165, 1.54) is 0 Å². The van der Waals surface area contributed by atoms with Crippen LogP contribution in [0.25, 0.3) is 20.8 Å². The third-order valence-electron chi connectivity index (χ3n) is 5.64. The summed E-state index contributed by atoms with van der Waals surface area (Å²) in [4.78, 5) is 13.8. The maximum Gasteiger partial charge on any atom is 0.225 e. The van der Waals surface area contributed by atoms with Crippen LogP contribution in [-0.2, 0) is 4.74 Å². The largest absolute Gasteiger partial charge is 0.396 e. The SMILES string of the molecule is OCC1CC(Nc2nc(NC3COC3)ncc2-c2nc3ccccc3s2)C(O)C1O. The Bertz CT molecular complexity index is 1010. The van der Waals surface area contributed by atoms with Gasteiger partial charge in [-0.2, -0.15) is 4.98 Å². The van der Waals surface area contributed by atoms with E-state index in [4.69, 9.17) is 9.72 Å². The normalized spacial score (nSPS) is 26.6. The number of fused-ring (bicyclic) bond motifs is 1. The van der Waals surface area contributed by atoms with Crippen LogP contribution < -0.4 is 10.6 Å². The molecule has 4 unspecified atom stereocenters. The molecule has 30 heavy (non-hydrogen) atoms. The lowest BCUT2D eigenvalue weighted by Crippen LogP contribution is -2.41. The highest BCUT2D eigenvalue weighted by Gasteiger charge is 2.41. The Kier molecular flexibility index (Phi) is 5.25. The first-order valence-electron chi connectivity index (χ1n) is 9.93. The van der Waals surface area contributed by atoms with Crippen molar-refractivity contribution in [3.05, 3.63) is 30.5 Å². The molecule has 1 saturated heterocycles. The zero-order valence-electron chi connectivity index (χ0n) is 16.1. The van der Waals surface area contributed by atoms with Crippen LogP contribution in [0.4, 0.5) is 11.8 Å². The Balaban J connectivity index is 1.49. The molecule has 4 atom stereocenters. The molecule has 2 aromatic heterocycles. The Morgan fingerprint density at radius 2 is 1.93 bits per heavy atom. The average molecular weight is 430 g/mol. The fraction of sp³-hybridized carbons (Fsp3) is 0.450. The lowest BCUT2D eigenvalue weighted by Gasteiger charge is -2.27. The molecule has 1 aliphatic carbocycles. The molecule has 10 heteroatoms. The average Bonchev–Trinajstić information content (AvgIpc) is 3.27. The number of hydrogen-bond donors (Lipinski definition) is 5. The van der Waals surface area contributed by atoms with Gasteiger partial charge >= 0.3 is 0 Å². The van der Waals surface area contributed by atoms with Gasteiger partial charge in [-0.05, 0) is 18.6 Å². The van der Waals surface area contributed by atoms with Gasteiger partial charge in [0, 0.05) is 18.7 Å². The van der Waals surface area contributed by atoms with Crippen LogP contribution >= 0.6 is 11.3 Å². The molecule has 5 N–H and O–H groups in total. The first-order chi connectivity index (χ1) is 14.6. The number of ether oxygens (including phenoxy) is 1. The monoisotopic (exact) mass is 429 g/mol. The van der Waals surface area contributed by atoms with Crippen LogP contribution in [0.2, 0.25) is 0 Å². The van der Waals surface area contributed by atoms with Crippen molar-refractivity contribution < 1.29 is 20.1 Å². The molecule has 3 heterocycles. The third kappa shape index (κ3) is 3.61. The summed E-state index contributed by atoms with van der Waals surface area (Å²) in [5.41, 5.74) is 1.62. The number of benzene rings is 1. The van der Waals surface area contributed by atoms with Gasteiger partial charge in [0.15, 0.2) is 0 Å². The molecule has 0 spiro atoms. The molecule has 3 aromatic rings. The van der Waals surface area contributed by atoms with Crippen molar-refractivity contribution in [1.29, 1.82) is 0 Å². The molecule has 158 valence electrons. The molecule has 5 rings (SSSR count). The van der Waals surface area contributed by atoms with Crippen LogP contribution in [0.15, 0.2) is 30.5 Å². The number of nitrogens with zero attached hydrogens (tertiary/aromatic N) is 3. The highest BCUT2D eigenvalue weighted by molar-refractivity contribution is 7.21. The lowest BCUT2D eigenvalue weighted by molar-refractivity contribution is 0.00446. The molecule has 1 aliphatic heterocycles. The summed E-state index contributed by atoms with van der Waals surface area (Å²) in [6.07, 6.45) is 0.166. The maximum absolute atomic E-state index is 10.4. The third-order valence-corrected chi connectivity index (χ3v) is 6.71. The van der Waals surface area contributed by atoms with Crippen molar-refractivity contribution in [3.8, 4) is 10.6 Å². The number of nitrogens with one attached hydrogen (secondary N) is 2. The van der Waals surface area contributed by atoms with E-state index in [1.807, 2.05) is 24.3 Å². The van der Waals surface area contributed by atoms with E-state index in [2.05, 4.69) is 20.6 Å². The van der Waals surface area contributed by atoms with E-state index in [0.29, 0.717) is 31.4 Å². The topological polar surface area (TPSA) is 133 Å². The van der Waals surface area contributed by atoms with Gasteiger partial charge in [-0.25, -0.2) is 9.97 Å². The minimum absolute atomic E-state index is 0.170. The van der Waals surface area contributed by atoms with Crippen molar-refractivity contribution in [1.82, 2.24) is 15.0 Å². The highest BCUT2D eigenvalue weighted by atomic mass is 32.1. The van der Waals surface area contributed by atoms with Gasteiger partial charge in [-0.3, -0.25) is 0 Å². The second kappa shape index (κ2) is 8.05. The van der Waals surface area contributed by atoms with Crippen molar-refractivity contribution in [2.45, 2.75) is 30.7 Å². The van der Waals surface area contributed by atoms with E-state index in [9.17, 15) is 15.3 Å². The van der Waals surface area contributed by atoms with E-state index >= 15 is 0 Å². The van der Waals surface area contributed by atoms with Crippen LogP contribution in [0.3, 0.4) is 0 Å². The second-order valence-electron chi connectivity index (χ2n) is 7.73. The van der Waals surface area contributed by atoms with E-state index in [1.54, 1.807) is 17.5 Å². The molecular formula is C20H23N5O4S. The summed E-state index contributed by atoms with van der Waals surface area (Å²) >= 11 is 1.54. The Labute approximate surface area is 176 Å². The number of rotatable bonds is 6. The van der Waals surface area contributed by atoms with E-state index in [0.717, 1.165) is 20.8 Å². The Morgan fingerprint density at radius 3 is 2.63 bits per heavy atom. The van der Waals surface area contributed by atoms with Crippen LogP contribution in [0.5, 0.6) is 0 Å². The highest BCUT2D eigenvalue weighted by Crippen LogP contribution is 2.36. The fourth-order valence-corrected chi connectivity index (χ4v) is 4.81. The quantitative estimate of drug-likeness (QED) is 0.390. The van der Waals surface area contributed by atoms with E-state index in [-0.39, 0.29) is 18.6 Å². The smallest absolute Gasteiger partial charge is 0.225 e. The number of thiazole rings is 1. The summed E-state index contributed by atoms with van der Waals surface area (Å²) < 4.78 is 6.25. The lowest BCUT2D eigenvalue weighted by atomic mass is 10.1. The summed E-state index contributed by atoms with van der Waals surface area (Å²) in [6, 6.07) is 7.61. The predicted molar refractivity (Wildman–Crippen MR) is 113 cm³/mol. The van der Waals surface area contributed by atoms with Gasteiger partial charge in [0.25, 0.3) is 0 Å². The number of anilines is 2. The molecule has 2 aliphatic rings. The fourth-order valence-electron chi connectivity index (χ4n) is 3.83. The van der Waals surface area contributed by atoms with Crippen LogP contribution in [0.1, 0.15) is 6.42 Å². The number of para-hydroxylation sites is 1. The standard InChI is InChI=1S/C20H23N5O4S/c26-7-10-5-14(17(28)16(10)27)23-18-12(6-21-20(25-18)22-11-8-29-9-11)19-24-13-3-1-2-4-15(13)30-19/h1-4,6,10-11,14,16-17,26-28H,5,7-9H2,(H2,21,22,23,25). The molecule has 1 aromatic carbocycles. The minimum atomic E-state index is -1.00. The summed E-state index contributed by atoms with van der Waals surface area (Å²) in [7, 11) is 0. The molecule has 2 fully saturated rings.